The average molecular weight is 664 g/mol. The van der Waals surface area contributed by atoms with Gasteiger partial charge in [0.1, 0.15) is 11.2 Å². The van der Waals surface area contributed by atoms with Crippen LogP contribution in [0, 0.1) is 0 Å². The monoisotopic (exact) mass is 663 g/mol. The van der Waals surface area contributed by atoms with Gasteiger partial charge in [-0.3, -0.25) is 0 Å². The van der Waals surface area contributed by atoms with Crippen molar-refractivity contribution in [2.45, 2.75) is 0 Å². The third kappa shape index (κ3) is 4.87. The molecule has 0 atom stereocenters. The SMILES string of the molecule is [2H]c1c([2H])c([2H])c2c(sc3c([2H])c(-c4nc(-c5ccccc5)nc(-c5cccc(-c6ccccc6)c5)n4)c([2H])c([2H])c32)c1-c1ccc2oc3ccccc3c2c1. The number of furan rings is 1. The minimum absolute atomic E-state index is 0.0608. The molecule has 3 heterocycles. The summed E-state index contributed by atoms with van der Waals surface area (Å²) in [4.78, 5) is 14.6. The van der Waals surface area contributed by atoms with Crippen molar-refractivity contribution in [1.82, 2.24) is 15.0 Å². The van der Waals surface area contributed by atoms with Gasteiger partial charge in [0.05, 0.1) is 8.22 Å². The van der Waals surface area contributed by atoms with E-state index in [1.165, 1.54) is 11.3 Å². The van der Waals surface area contributed by atoms with Crippen LogP contribution in [0.3, 0.4) is 0 Å². The Kier molecular flexibility index (Phi) is 5.35. The summed E-state index contributed by atoms with van der Waals surface area (Å²) in [5.41, 5.74) is 5.99. The number of thiophene rings is 1. The second-order valence-electron chi connectivity index (χ2n) is 11.9. The van der Waals surface area contributed by atoms with Gasteiger partial charge in [0.15, 0.2) is 17.5 Å². The highest BCUT2D eigenvalue weighted by molar-refractivity contribution is 7.26. The smallest absolute Gasteiger partial charge is 0.164 e. The van der Waals surface area contributed by atoms with Gasteiger partial charge in [0, 0.05) is 47.6 Å². The van der Waals surface area contributed by atoms with E-state index in [2.05, 4.69) is 0 Å². The molecule has 0 fully saturated rings. The van der Waals surface area contributed by atoms with Gasteiger partial charge in [-0.25, -0.2) is 15.0 Å². The molecule has 5 heteroatoms. The van der Waals surface area contributed by atoms with Crippen LogP contribution < -0.4 is 0 Å². The van der Waals surface area contributed by atoms with Crippen molar-refractivity contribution in [1.29, 1.82) is 0 Å². The quantitative estimate of drug-likeness (QED) is 0.184. The number of para-hydroxylation sites is 1. The molecule has 10 aromatic rings. The Balaban J connectivity index is 1.22. The van der Waals surface area contributed by atoms with E-state index in [4.69, 9.17) is 23.5 Å². The minimum atomic E-state index is -0.293. The van der Waals surface area contributed by atoms with Crippen molar-refractivity contribution >= 4 is 53.4 Å². The maximum atomic E-state index is 9.61. The second-order valence-corrected chi connectivity index (χ2v) is 13.0. The summed E-state index contributed by atoms with van der Waals surface area (Å²) in [5, 5.41) is 2.26. The van der Waals surface area contributed by atoms with Crippen LogP contribution >= 0.6 is 11.3 Å². The number of benzene rings is 7. The Morgan fingerprint density at radius 1 is 0.460 bits per heavy atom. The molecule has 0 radical (unpaired) electrons. The summed E-state index contributed by atoms with van der Waals surface area (Å²) >= 11 is 1.18. The molecule has 10 rings (SSSR count). The summed E-state index contributed by atoms with van der Waals surface area (Å²) in [6.07, 6.45) is 0. The Bertz CT molecular complexity index is 3220. The standard InChI is InChI=1S/C45H27N3OS/c1-3-11-28(12-4-1)30-15-9-16-32(25-30)44-46-43(29-13-5-2-6-14-29)47-45(48-44)33-21-23-36-37-19-10-18-34(42(37)50-41(36)27-33)31-22-24-40-38(26-31)35-17-7-8-20-39(35)49-40/h1-27H/i10D,18D,19D,21D,23D,27D. The van der Waals surface area contributed by atoms with Crippen LogP contribution in [0.1, 0.15) is 8.22 Å². The molecule has 0 N–H and O–H groups in total. The molecule has 7 aromatic carbocycles. The Hall–Kier alpha value is -6.43. The van der Waals surface area contributed by atoms with E-state index < -0.39 is 0 Å². The molecule has 0 aliphatic rings. The van der Waals surface area contributed by atoms with Gasteiger partial charge >= 0.3 is 0 Å². The number of rotatable bonds is 5. The summed E-state index contributed by atoms with van der Waals surface area (Å²) < 4.78 is 62.2. The number of hydrogen-bond acceptors (Lipinski definition) is 5. The number of fused-ring (bicyclic) bond motifs is 6. The number of hydrogen-bond donors (Lipinski definition) is 0. The fourth-order valence-corrected chi connectivity index (χ4v) is 7.55. The average Bonchev–Trinajstić information content (AvgIpc) is 3.82. The first-order valence-electron chi connectivity index (χ1n) is 19.1. The largest absolute Gasteiger partial charge is 0.456 e. The molecule has 0 saturated heterocycles. The maximum absolute atomic E-state index is 9.61. The predicted molar refractivity (Wildman–Crippen MR) is 207 cm³/mol. The van der Waals surface area contributed by atoms with Crippen LogP contribution in [0.2, 0.25) is 0 Å². The lowest BCUT2D eigenvalue weighted by atomic mass is 10.0. The lowest BCUT2D eigenvalue weighted by Crippen LogP contribution is -2.00. The van der Waals surface area contributed by atoms with Crippen molar-refractivity contribution in [2.24, 2.45) is 0 Å². The molecule has 4 nitrogen and oxygen atoms in total. The first-order valence-corrected chi connectivity index (χ1v) is 16.9. The van der Waals surface area contributed by atoms with E-state index in [-0.39, 0.29) is 58.4 Å². The number of nitrogens with zero attached hydrogens (tertiary/aromatic N) is 3. The van der Waals surface area contributed by atoms with E-state index in [0.717, 1.165) is 38.6 Å². The van der Waals surface area contributed by atoms with Crippen molar-refractivity contribution < 1.29 is 12.6 Å². The van der Waals surface area contributed by atoms with Crippen LogP contribution in [0.5, 0.6) is 0 Å². The summed E-state index contributed by atoms with van der Waals surface area (Å²) in [6.45, 7) is 0. The van der Waals surface area contributed by atoms with Crippen LogP contribution in [0.4, 0.5) is 0 Å². The lowest BCUT2D eigenvalue weighted by molar-refractivity contribution is 0.669. The van der Waals surface area contributed by atoms with Crippen molar-refractivity contribution in [3.05, 3.63) is 164 Å². The van der Waals surface area contributed by atoms with E-state index in [1.807, 2.05) is 127 Å². The zero-order chi connectivity index (χ0) is 38.2. The van der Waals surface area contributed by atoms with Crippen LogP contribution in [-0.2, 0) is 0 Å². The third-order valence-corrected chi connectivity index (χ3v) is 9.97. The molecule has 0 bridgehead atoms. The molecule has 0 spiro atoms. The zero-order valence-corrected chi connectivity index (χ0v) is 27.1. The van der Waals surface area contributed by atoms with Crippen LogP contribution in [0.15, 0.2) is 168 Å². The van der Waals surface area contributed by atoms with E-state index in [1.54, 1.807) is 0 Å². The predicted octanol–water partition coefficient (Wildman–Crippen LogP) is 12.5. The fourth-order valence-electron chi connectivity index (χ4n) is 6.41. The van der Waals surface area contributed by atoms with Gasteiger partial charge in [-0.15, -0.1) is 11.3 Å². The Labute approximate surface area is 300 Å². The van der Waals surface area contributed by atoms with Gasteiger partial charge < -0.3 is 4.42 Å². The summed E-state index contributed by atoms with van der Waals surface area (Å²) in [5.74, 6) is 0.782. The summed E-state index contributed by atoms with van der Waals surface area (Å²) in [7, 11) is 0. The second kappa shape index (κ2) is 11.6. The van der Waals surface area contributed by atoms with E-state index >= 15 is 0 Å². The minimum Gasteiger partial charge on any atom is -0.456 e. The third-order valence-electron chi connectivity index (χ3n) is 8.85. The van der Waals surface area contributed by atoms with E-state index in [9.17, 15) is 4.11 Å². The Morgan fingerprint density at radius 3 is 1.98 bits per heavy atom. The van der Waals surface area contributed by atoms with Gasteiger partial charge in [-0.05, 0) is 52.6 Å². The Morgan fingerprint density at radius 2 is 1.14 bits per heavy atom. The van der Waals surface area contributed by atoms with Crippen molar-refractivity contribution in [3.63, 3.8) is 0 Å². The molecular formula is C45H27N3OS. The molecule has 50 heavy (non-hydrogen) atoms. The first kappa shape index (κ1) is 23.0. The highest BCUT2D eigenvalue weighted by Crippen LogP contribution is 2.42. The molecule has 0 amide bonds. The van der Waals surface area contributed by atoms with Gasteiger partial charge in [-0.2, -0.15) is 0 Å². The lowest BCUT2D eigenvalue weighted by Gasteiger charge is -2.10. The fraction of sp³-hybridized carbons (Fsp3) is 0. The number of aromatic nitrogens is 3. The van der Waals surface area contributed by atoms with Crippen LogP contribution in [0.25, 0.3) is 98.5 Å². The highest BCUT2D eigenvalue weighted by Gasteiger charge is 2.17. The van der Waals surface area contributed by atoms with E-state index in [0.29, 0.717) is 37.8 Å². The molecule has 3 aromatic heterocycles. The molecule has 0 saturated carbocycles. The topological polar surface area (TPSA) is 51.8 Å². The molecule has 0 unspecified atom stereocenters. The normalized spacial score (nSPS) is 13.3. The molecule has 0 aliphatic carbocycles. The van der Waals surface area contributed by atoms with Crippen molar-refractivity contribution in [2.75, 3.05) is 0 Å². The first-order chi connectivity index (χ1) is 27.3. The molecule has 0 aliphatic heterocycles. The van der Waals surface area contributed by atoms with Crippen LogP contribution in [-0.4, -0.2) is 15.0 Å². The van der Waals surface area contributed by atoms with Gasteiger partial charge in [0.25, 0.3) is 0 Å². The maximum Gasteiger partial charge on any atom is 0.164 e. The molecule has 234 valence electrons. The van der Waals surface area contributed by atoms with Crippen molar-refractivity contribution in [3.8, 4) is 56.4 Å². The molecular weight excluding hydrogens is 631 g/mol. The van der Waals surface area contributed by atoms with Gasteiger partial charge in [-0.1, -0.05) is 133 Å². The summed E-state index contributed by atoms with van der Waals surface area (Å²) in [6, 6.07) is 39.4. The highest BCUT2D eigenvalue weighted by atomic mass is 32.1. The zero-order valence-electron chi connectivity index (χ0n) is 32.3. The van der Waals surface area contributed by atoms with Gasteiger partial charge in [0.2, 0.25) is 0 Å².